The minimum absolute atomic E-state index is 0. The lowest BCUT2D eigenvalue weighted by molar-refractivity contribution is 0.200. The quantitative estimate of drug-likeness (QED) is 0.923. The first kappa shape index (κ1) is 15.5. The van der Waals surface area contributed by atoms with Crippen LogP contribution in [0.3, 0.4) is 0 Å². The Hall–Kier alpha value is -0.870. The Balaban J connectivity index is 0.00000147. The molecular formula is C15H19Cl2N3. The summed E-state index contributed by atoms with van der Waals surface area (Å²) in [6, 6.07) is 8.59. The number of piperazine rings is 1. The van der Waals surface area contributed by atoms with Gasteiger partial charge >= 0.3 is 0 Å². The van der Waals surface area contributed by atoms with Crippen LogP contribution in [0.15, 0.2) is 30.5 Å². The van der Waals surface area contributed by atoms with Crippen molar-refractivity contribution in [1.29, 1.82) is 0 Å². The van der Waals surface area contributed by atoms with Crippen molar-refractivity contribution in [2.24, 2.45) is 0 Å². The summed E-state index contributed by atoms with van der Waals surface area (Å²) < 4.78 is 0. The molecule has 3 rings (SSSR count). The van der Waals surface area contributed by atoms with E-state index in [1.807, 2.05) is 24.4 Å². The standard InChI is InChI=1S/C15H18ClN3.ClH/c1-11-9-19(6-5-17-11)10-13-8-14(16)7-12-3-2-4-18-15(12)13;/h2-4,7-8,11,17H,5-6,9-10H2,1H3;1H/t11-;/m1./s1. The van der Waals surface area contributed by atoms with E-state index in [1.165, 1.54) is 5.56 Å². The molecule has 20 heavy (non-hydrogen) atoms. The third kappa shape index (κ3) is 3.41. The van der Waals surface area contributed by atoms with E-state index in [9.17, 15) is 0 Å². The van der Waals surface area contributed by atoms with Crippen LogP contribution < -0.4 is 5.32 Å². The Labute approximate surface area is 130 Å². The average molecular weight is 312 g/mol. The summed E-state index contributed by atoms with van der Waals surface area (Å²) in [4.78, 5) is 6.97. The van der Waals surface area contributed by atoms with Crippen molar-refractivity contribution in [2.45, 2.75) is 19.5 Å². The van der Waals surface area contributed by atoms with E-state index in [0.29, 0.717) is 6.04 Å². The predicted octanol–water partition coefficient (Wildman–Crippen LogP) is 3.10. The van der Waals surface area contributed by atoms with Crippen LogP contribution >= 0.6 is 24.0 Å². The molecule has 2 aromatic rings. The molecular weight excluding hydrogens is 293 g/mol. The highest BCUT2D eigenvalue weighted by Crippen LogP contribution is 2.23. The monoisotopic (exact) mass is 311 g/mol. The van der Waals surface area contributed by atoms with Gasteiger partial charge in [0, 0.05) is 48.8 Å². The maximum atomic E-state index is 6.21. The summed E-state index contributed by atoms with van der Waals surface area (Å²) in [5, 5.41) is 5.37. The van der Waals surface area contributed by atoms with Crippen LogP contribution in [0, 0.1) is 0 Å². The highest BCUT2D eigenvalue weighted by molar-refractivity contribution is 6.31. The molecule has 0 aliphatic carbocycles. The maximum Gasteiger partial charge on any atom is 0.0747 e. The number of nitrogens with one attached hydrogen (secondary N) is 1. The van der Waals surface area contributed by atoms with Crippen LogP contribution in [0.5, 0.6) is 0 Å². The zero-order valence-electron chi connectivity index (χ0n) is 11.5. The third-order valence-corrected chi connectivity index (χ3v) is 3.81. The summed E-state index contributed by atoms with van der Waals surface area (Å²) >= 11 is 6.21. The average Bonchev–Trinajstić information content (AvgIpc) is 2.38. The first-order valence-electron chi connectivity index (χ1n) is 6.71. The molecule has 0 bridgehead atoms. The van der Waals surface area contributed by atoms with Gasteiger partial charge in [-0.15, -0.1) is 12.4 Å². The summed E-state index contributed by atoms with van der Waals surface area (Å²) in [6.07, 6.45) is 1.85. The van der Waals surface area contributed by atoms with Gasteiger partial charge in [-0.2, -0.15) is 0 Å². The number of hydrogen-bond donors (Lipinski definition) is 1. The van der Waals surface area contributed by atoms with E-state index in [4.69, 9.17) is 11.6 Å². The van der Waals surface area contributed by atoms with Crippen LogP contribution in [0.2, 0.25) is 5.02 Å². The first-order chi connectivity index (χ1) is 9.22. The van der Waals surface area contributed by atoms with E-state index in [2.05, 4.69) is 28.2 Å². The first-order valence-corrected chi connectivity index (χ1v) is 7.09. The van der Waals surface area contributed by atoms with Gasteiger partial charge in [0.25, 0.3) is 0 Å². The molecule has 1 aromatic heterocycles. The van der Waals surface area contributed by atoms with Crippen LogP contribution in [0.1, 0.15) is 12.5 Å². The van der Waals surface area contributed by atoms with Gasteiger partial charge in [0.1, 0.15) is 0 Å². The molecule has 1 aliphatic heterocycles. The van der Waals surface area contributed by atoms with Crippen molar-refractivity contribution in [2.75, 3.05) is 19.6 Å². The third-order valence-electron chi connectivity index (χ3n) is 3.60. The zero-order valence-corrected chi connectivity index (χ0v) is 13.0. The van der Waals surface area contributed by atoms with Crippen molar-refractivity contribution in [3.8, 4) is 0 Å². The van der Waals surface area contributed by atoms with E-state index >= 15 is 0 Å². The fraction of sp³-hybridized carbons (Fsp3) is 0.400. The fourth-order valence-corrected chi connectivity index (χ4v) is 2.99. The number of aromatic nitrogens is 1. The van der Waals surface area contributed by atoms with E-state index in [0.717, 1.165) is 42.1 Å². The predicted molar refractivity (Wildman–Crippen MR) is 86.7 cm³/mol. The number of benzene rings is 1. The molecule has 0 saturated carbocycles. The Morgan fingerprint density at radius 3 is 3.10 bits per heavy atom. The second-order valence-corrected chi connectivity index (χ2v) is 5.67. The highest BCUT2D eigenvalue weighted by Gasteiger charge is 2.17. The van der Waals surface area contributed by atoms with E-state index in [1.54, 1.807) is 0 Å². The molecule has 5 heteroatoms. The molecule has 3 nitrogen and oxygen atoms in total. The number of fused-ring (bicyclic) bond motifs is 1. The van der Waals surface area contributed by atoms with Gasteiger partial charge in [0.15, 0.2) is 0 Å². The molecule has 0 amide bonds. The molecule has 1 aliphatic rings. The fourth-order valence-electron chi connectivity index (χ4n) is 2.74. The van der Waals surface area contributed by atoms with Gasteiger partial charge in [0.2, 0.25) is 0 Å². The number of halogens is 2. The number of rotatable bonds is 2. The lowest BCUT2D eigenvalue weighted by Gasteiger charge is -2.32. The van der Waals surface area contributed by atoms with Crippen molar-refractivity contribution in [3.05, 3.63) is 41.0 Å². The van der Waals surface area contributed by atoms with Gasteiger partial charge in [-0.05, 0) is 30.7 Å². The second-order valence-electron chi connectivity index (χ2n) is 5.23. The largest absolute Gasteiger partial charge is 0.312 e. The molecule has 0 spiro atoms. The second kappa shape index (κ2) is 6.72. The van der Waals surface area contributed by atoms with Crippen LogP contribution in [0.25, 0.3) is 10.9 Å². The molecule has 1 aromatic carbocycles. The van der Waals surface area contributed by atoms with Gasteiger partial charge in [-0.1, -0.05) is 17.7 Å². The molecule has 0 unspecified atom stereocenters. The molecule has 2 heterocycles. The molecule has 1 N–H and O–H groups in total. The Morgan fingerprint density at radius 2 is 2.30 bits per heavy atom. The minimum Gasteiger partial charge on any atom is -0.312 e. The smallest absolute Gasteiger partial charge is 0.0747 e. The van der Waals surface area contributed by atoms with Crippen molar-refractivity contribution in [3.63, 3.8) is 0 Å². The summed E-state index contributed by atoms with van der Waals surface area (Å²) in [5.74, 6) is 0. The van der Waals surface area contributed by atoms with E-state index in [-0.39, 0.29) is 12.4 Å². The molecule has 1 atom stereocenters. The van der Waals surface area contributed by atoms with E-state index < -0.39 is 0 Å². The summed E-state index contributed by atoms with van der Waals surface area (Å²) in [7, 11) is 0. The Morgan fingerprint density at radius 1 is 1.45 bits per heavy atom. The van der Waals surface area contributed by atoms with Gasteiger partial charge < -0.3 is 5.32 Å². The lowest BCUT2D eigenvalue weighted by Crippen LogP contribution is -2.48. The minimum atomic E-state index is 0. The molecule has 0 radical (unpaired) electrons. The number of nitrogens with zero attached hydrogens (tertiary/aromatic N) is 2. The molecule has 1 fully saturated rings. The Kier molecular flexibility index (Phi) is 5.22. The van der Waals surface area contributed by atoms with Crippen molar-refractivity contribution < 1.29 is 0 Å². The van der Waals surface area contributed by atoms with Crippen molar-refractivity contribution >= 4 is 34.9 Å². The summed E-state index contributed by atoms with van der Waals surface area (Å²) in [6.45, 7) is 6.33. The SMILES string of the molecule is C[C@@H]1CN(Cc2cc(Cl)cc3cccnc23)CCN1.Cl. The number of pyridine rings is 1. The van der Waals surface area contributed by atoms with Gasteiger partial charge in [0.05, 0.1) is 5.52 Å². The van der Waals surface area contributed by atoms with Gasteiger partial charge in [-0.25, -0.2) is 0 Å². The zero-order chi connectivity index (χ0) is 13.2. The normalized spacial score (nSPS) is 19.8. The van der Waals surface area contributed by atoms with Crippen molar-refractivity contribution in [1.82, 2.24) is 15.2 Å². The maximum absolute atomic E-state index is 6.21. The molecule has 1 saturated heterocycles. The van der Waals surface area contributed by atoms with Crippen LogP contribution in [-0.4, -0.2) is 35.6 Å². The summed E-state index contributed by atoms with van der Waals surface area (Å²) in [5.41, 5.74) is 2.29. The van der Waals surface area contributed by atoms with Crippen LogP contribution in [-0.2, 0) is 6.54 Å². The number of hydrogen-bond acceptors (Lipinski definition) is 3. The highest BCUT2D eigenvalue weighted by atomic mass is 35.5. The van der Waals surface area contributed by atoms with Crippen LogP contribution in [0.4, 0.5) is 0 Å². The molecule has 108 valence electrons. The Bertz CT molecular complexity index is 588. The lowest BCUT2D eigenvalue weighted by atomic mass is 10.1. The van der Waals surface area contributed by atoms with Gasteiger partial charge in [-0.3, -0.25) is 9.88 Å². The topological polar surface area (TPSA) is 28.2 Å².